The van der Waals surface area contributed by atoms with Crippen LogP contribution in [0, 0.1) is 0 Å². The minimum atomic E-state index is -2.10. The smallest absolute Gasteiger partial charge is 0.336 e. The summed E-state index contributed by atoms with van der Waals surface area (Å²) in [4.78, 5) is 41.8. The molecule has 3 heterocycles. The molecule has 35 heavy (non-hydrogen) atoms. The van der Waals surface area contributed by atoms with E-state index in [0.29, 0.717) is 17.6 Å². The summed E-state index contributed by atoms with van der Waals surface area (Å²) in [7, 11) is -0.251. The second kappa shape index (κ2) is 11.0. The molecule has 0 amide bonds. The summed E-state index contributed by atoms with van der Waals surface area (Å²) >= 11 is 2.01. The summed E-state index contributed by atoms with van der Waals surface area (Å²) in [5, 5.41) is -0.00244. The van der Waals surface area contributed by atoms with E-state index in [0.717, 1.165) is 0 Å². The number of aromatic nitrogens is 2. The Morgan fingerprint density at radius 1 is 1.34 bits per heavy atom. The Morgan fingerprint density at radius 3 is 2.69 bits per heavy atom. The number of esters is 1. The molecule has 1 N–H and O–H groups in total. The Kier molecular flexibility index (Phi) is 8.66. The van der Waals surface area contributed by atoms with Gasteiger partial charge in [0, 0.05) is 32.3 Å². The van der Waals surface area contributed by atoms with Crippen molar-refractivity contribution in [2.45, 2.75) is 70.2 Å². The van der Waals surface area contributed by atoms with Gasteiger partial charge in [-0.15, -0.1) is 0 Å². The van der Waals surface area contributed by atoms with Gasteiger partial charge >= 0.3 is 11.7 Å². The van der Waals surface area contributed by atoms with Gasteiger partial charge in [0.25, 0.3) is 5.56 Å². The van der Waals surface area contributed by atoms with E-state index in [-0.39, 0.29) is 18.1 Å². The summed E-state index contributed by atoms with van der Waals surface area (Å²) in [6.45, 7) is 11.0. The van der Waals surface area contributed by atoms with Crippen molar-refractivity contribution in [2.24, 2.45) is 0 Å². The average molecular weight is 616 g/mol. The number of rotatable bonds is 7. The van der Waals surface area contributed by atoms with Gasteiger partial charge in [-0.3, -0.25) is 14.3 Å². The Balaban J connectivity index is 1.86. The summed E-state index contributed by atoms with van der Waals surface area (Å²) in [6.07, 6.45) is 7.46. The van der Waals surface area contributed by atoms with Crippen LogP contribution in [-0.4, -0.2) is 54.6 Å². The number of H-pyrrole nitrogens is 1. The molecule has 11 heteroatoms. The first-order valence-corrected chi connectivity index (χ1v) is 15.7. The van der Waals surface area contributed by atoms with Gasteiger partial charge in [-0.05, 0) is 34.5 Å². The van der Waals surface area contributed by atoms with E-state index in [1.807, 2.05) is 41.9 Å². The largest absolute Gasteiger partial charge is 0.456 e. The highest BCUT2D eigenvalue weighted by molar-refractivity contribution is 14.1. The van der Waals surface area contributed by atoms with Crippen molar-refractivity contribution in [3.8, 4) is 0 Å². The number of hydrogen-bond donors (Lipinski definition) is 1. The Hall–Kier alpha value is -1.96. The maximum absolute atomic E-state index is 12.9. The maximum Gasteiger partial charge on any atom is 0.336 e. The van der Waals surface area contributed by atoms with Gasteiger partial charge in [0.15, 0.2) is 8.32 Å². The lowest BCUT2D eigenvalue weighted by Gasteiger charge is -2.37. The van der Waals surface area contributed by atoms with Crippen LogP contribution in [-0.2, 0) is 18.7 Å². The highest BCUT2D eigenvalue weighted by Gasteiger charge is 2.43. The van der Waals surface area contributed by atoms with Crippen molar-refractivity contribution in [2.75, 3.05) is 13.7 Å². The molecule has 0 saturated carbocycles. The number of aromatic amines is 1. The van der Waals surface area contributed by atoms with Crippen LogP contribution in [0.5, 0.6) is 0 Å². The van der Waals surface area contributed by atoms with Gasteiger partial charge in [-0.2, -0.15) is 0 Å². The first-order valence-electron chi connectivity index (χ1n) is 11.5. The number of halogens is 1. The molecule has 0 aliphatic carbocycles. The minimum absolute atomic E-state index is 0.00244. The quantitative estimate of drug-likeness (QED) is 0.282. The molecule has 0 unspecified atom stereocenters. The molecule has 0 bridgehead atoms. The Morgan fingerprint density at radius 2 is 2.06 bits per heavy atom. The highest BCUT2D eigenvalue weighted by atomic mass is 127. The molecule has 3 rings (SSSR count). The van der Waals surface area contributed by atoms with Crippen LogP contribution in [0.25, 0.3) is 6.08 Å². The van der Waals surface area contributed by atoms with Gasteiger partial charge in [0.2, 0.25) is 0 Å². The molecule has 2 aliphatic rings. The molecule has 2 aliphatic heterocycles. The topological polar surface area (TPSA) is 103 Å². The fraction of sp³-hybridized carbons (Fsp3) is 0.542. The molecule has 1 aromatic rings. The van der Waals surface area contributed by atoms with Crippen LogP contribution in [0.1, 0.15) is 45.4 Å². The number of hydrogen-bond acceptors (Lipinski definition) is 7. The zero-order valence-corrected chi connectivity index (χ0v) is 24.2. The molecule has 1 saturated heterocycles. The SMILES string of the molecule is CN1C=CCC(C(=O)O[C@H]2C[C@H](n3cc(/C=C/I)c(=O)[nH]c3=O)O[C@@H]2CO[Si](C)(C)C(C)(C)C)=C1. The molecule has 3 atom stereocenters. The van der Waals surface area contributed by atoms with Gasteiger partial charge in [-0.25, -0.2) is 9.59 Å². The highest BCUT2D eigenvalue weighted by Crippen LogP contribution is 2.38. The zero-order chi connectivity index (χ0) is 26.0. The maximum atomic E-state index is 12.9. The zero-order valence-electron chi connectivity index (χ0n) is 21.0. The van der Waals surface area contributed by atoms with Crippen LogP contribution in [0.2, 0.25) is 18.1 Å². The van der Waals surface area contributed by atoms with Crippen molar-refractivity contribution >= 4 is 43.0 Å². The number of carbonyl (C=O) groups excluding carboxylic acids is 1. The van der Waals surface area contributed by atoms with Crippen LogP contribution in [0.3, 0.4) is 0 Å². The molecule has 0 radical (unpaired) electrons. The second-order valence-corrected chi connectivity index (χ2v) is 15.9. The summed E-state index contributed by atoms with van der Waals surface area (Å²) in [5.41, 5.74) is -0.180. The average Bonchev–Trinajstić information content (AvgIpc) is 3.15. The van der Waals surface area contributed by atoms with E-state index >= 15 is 0 Å². The Labute approximate surface area is 220 Å². The van der Waals surface area contributed by atoms with E-state index < -0.39 is 44.0 Å². The van der Waals surface area contributed by atoms with Gasteiger partial charge in [0.1, 0.15) is 18.4 Å². The third-order valence-electron chi connectivity index (χ3n) is 6.70. The number of nitrogens with zero attached hydrogens (tertiary/aromatic N) is 2. The van der Waals surface area contributed by atoms with Gasteiger partial charge in [0.05, 0.1) is 17.7 Å². The molecule has 9 nitrogen and oxygen atoms in total. The third-order valence-corrected chi connectivity index (χ3v) is 11.6. The number of carbonyl (C=O) groups is 1. The summed E-state index contributed by atoms with van der Waals surface area (Å²) in [5.74, 6) is -0.421. The van der Waals surface area contributed by atoms with E-state index in [2.05, 4.69) is 38.8 Å². The van der Waals surface area contributed by atoms with Crippen LogP contribution >= 0.6 is 22.6 Å². The number of allylic oxidation sites excluding steroid dienone is 1. The molecule has 0 aromatic carbocycles. The lowest BCUT2D eigenvalue weighted by Crippen LogP contribution is -2.44. The predicted octanol–water partition coefficient (Wildman–Crippen LogP) is 3.90. The van der Waals surface area contributed by atoms with Crippen molar-refractivity contribution in [1.82, 2.24) is 14.5 Å². The van der Waals surface area contributed by atoms with Crippen LogP contribution < -0.4 is 11.2 Å². The van der Waals surface area contributed by atoms with Gasteiger partial charge in [-0.1, -0.05) is 49.4 Å². The summed E-state index contributed by atoms with van der Waals surface area (Å²) in [6, 6.07) is 0. The fourth-order valence-electron chi connectivity index (χ4n) is 3.59. The second-order valence-electron chi connectivity index (χ2n) is 10.3. The lowest BCUT2D eigenvalue weighted by molar-refractivity contribution is -0.148. The molecule has 192 valence electrons. The Bertz CT molecular complexity index is 1150. The van der Waals surface area contributed by atoms with Crippen molar-refractivity contribution in [1.29, 1.82) is 0 Å². The van der Waals surface area contributed by atoms with Crippen molar-refractivity contribution in [3.63, 3.8) is 0 Å². The first kappa shape index (κ1) is 27.6. The molecular weight excluding hydrogens is 581 g/mol. The monoisotopic (exact) mass is 615 g/mol. The lowest BCUT2D eigenvalue weighted by atomic mass is 10.1. The van der Waals surface area contributed by atoms with Crippen LogP contribution in [0.4, 0.5) is 0 Å². The third kappa shape index (κ3) is 6.63. The number of nitrogens with one attached hydrogen (secondary N) is 1. The fourth-order valence-corrected chi connectivity index (χ4v) is 4.99. The van der Waals surface area contributed by atoms with Crippen LogP contribution in [0.15, 0.2) is 43.9 Å². The standard InChI is InChI=1S/C24H34IN3O6Si/c1-24(2,3)35(5,6)32-15-19-18(34-22(30)17-8-7-11-27(4)13-17)12-20(33-19)28-14-16(9-10-25)21(29)26-23(28)31/h7,9-11,13-14,18-20H,8,12,15H2,1-6H3,(H,26,29,31)/b10-9+/t18-,19+,20+/m0/s1. The normalized spacial score (nSPS) is 23.1. The van der Waals surface area contributed by atoms with Gasteiger partial charge < -0.3 is 18.8 Å². The van der Waals surface area contributed by atoms with Crippen molar-refractivity contribution in [3.05, 3.63) is 60.7 Å². The van der Waals surface area contributed by atoms with E-state index in [1.54, 1.807) is 21.3 Å². The molecule has 1 fully saturated rings. The first-order chi connectivity index (χ1) is 16.3. The minimum Gasteiger partial charge on any atom is -0.456 e. The molecule has 0 spiro atoms. The predicted molar refractivity (Wildman–Crippen MR) is 146 cm³/mol. The van der Waals surface area contributed by atoms with E-state index in [4.69, 9.17) is 13.9 Å². The van der Waals surface area contributed by atoms with E-state index in [9.17, 15) is 14.4 Å². The molecule has 1 aromatic heterocycles. The molecular formula is C24H34IN3O6Si. The number of ether oxygens (including phenoxy) is 2. The van der Waals surface area contributed by atoms with E-state index in [1.165, 1.54) is 10.8 Å². The summed E-state index contributed by atoms with van der Waals surface area (Å²) < 4.78 is 21.5. The van der Waals surface area contributed by atoms with Crippen molar-refractivity contribution < 1.29 is 18.7 Å².